The highest BCUT2D eigenvalue weighted by Crippen LogP contribution is 2.42. The third kappa shape index (κ3) is 4.05. The largest absolute Gasteiger partial charge is 0.483 e. The van der Waals surface area contributed by atoms with Crippen LogP contribution in [0.5, 0.6) is 23.0 Å². The number of ether oxygens (including phenoxy) is 3. The predicted molar refractivity (Wildman–Crippen MR) is 129 cm³/mol. The molecule has 2 heterocycles. The molecule has 0 spiro atoms. The van der Waals surface area contributed by atoms with E-state index in [4.69, 9.17) is 14.2 Å². The van der Waals surface area contributed by atoms with Crippen LogP contribution in [0.4, 0.5) is 11.4 Å². The van der Waals surface area contributed by atoms with Crippen molar-refractivity contribution in [2.45, 2.75) is 32.8 Å². The van der Waals surface area contributed by atoms with Gasteiger partial charge in [-0.05, 0) is 62.7 Å². The van der Waals surface area contributed by atoms with Crippen LogP contribution in [0.3, 0.4) is 0 Å². The molecule has 174 valence electrons. The van der Waals surface area contributed by atoms with Gasteiger partial charge in [0.1, 0.15) is 11.4 Å². The molecule has 7 nitrogen and oxygen atoms in total. The van der Waals surface area contributed by atoms with Crippen LogP contribution in [0, 0.1) is 6.92 Å². The molecule has 0 fully saturated rings. The van der Waals surface area contributed by atoms with Gasteiger partial charge in [0.05, 0.1) is 11.3 Å². The Morgan fingerprint density at radius 2 is 1.91 bits per heavy atom. The molecule has 0 aliphatic carbocycles. The van der Waals surface area contributed by atoms with Gasteiger partial charge in [0.2, 0.25) is 0 Å². The van der Waals surface area contributed by atoms with E-state index in [9.17, 15) is 9.59 Å². The molecule has 7 heteroatoms. The van der Waals surface area contributed by atoms with Crippen molar-refractivity contribution in [3.8, 4) is 23.0 Å². The molecule has 0 bridgehead atoms. The van der Waals surface area contributed by atoms with Gasteiger partial charge in [-0.15, -0.1) is 0 Å². The van der Waals surface area contributed by atoms with Crippen molar-refractivity contribution in [3.05, 3.63) is 71.3 Å². The summed E-state index contributed by atoms with van der Waals surface area (Å²) in [6.45, 7) is 5.81. The van der Waals surface area contributed by atoms with E-state index in [0.29, 0.717) is 39.9 Å². The number of nitrogens with one attached hydrogen (secondary N) is 1. The fraction of sp³-hybridized carbons (Fsp3) is 0.259. The molecule has 0 aromatic heterocycles. The first-order valence-corrected chi connectivity index (χ1v) is 11.1. The van der Waals surface area contributed by atoms with E-state index in [1.807, 2.05) is 51.1 Å². The van der Waals surface area contributed by atoms with Gasteiger partial charge in [0.25, 0.3) is 11.8 Å². The molecule has 2 aliphatic rings. The van der Waals surface area contributed by atoms with Crippen molar-refractivity contribution in [2.24, 2.45) is 0 Å². The van der Waals surface area contributed by atoms with Crippen LogP contribution in [-0.2, 0) is 11.2 Å². The lowest BCUT2D eigenvalue weighted by Gasteiger charge is -2.18. The van der Waals surface area contributed by atoms with Crippen LogP contribution < -0.4 is 24.4 Å². The molecular formula is C27H26N2O5. The summed E-state index contributed by atoms with van der Waals surface area (Å²) < 4.78 is 17.8. The van der Waals surface area contributed by atoms with Gasteiger partial charge in [-0.1, -0.05) is 18.2 Å². The summed E-state index contributed by atoms with van der Waals surface area (Å²) in [6, 6.07) is 16.4. The lowest BCUT2D eigenvalue weighted by Crippen LogP contribution is -2.26. The average molecular weight is 459 g/mol. The van der Waals surface area contributed by atoms with Crippen molar-refractivity contribution in [2.75, 3.05) is 23.9 Å². The van der Waals surface area contributed by atoms with Gasteiger partial charge < -0.3 is 24.4 Å². The van der Waals surface area contributed by atoms with Crippen LogP contribution in [0.2, 0.25) is 0 Å². The first-order valence-electron chi connectivity index (χ1n) is 11.1. The van der Waals surface area contributed by atoms with Gasteiger partial charge in [-0.25, -0.2) is 0 Å². The maximum absolute atomic E-state index is 13.1. The highest BCUT2D eigenvalue weighted by molar-refractivity contribution is 6.10. The van der Waals surface area contributed by atoms with Gasteiger partial charge in [0, 0.05) is 24.7 Å². The molecular weight excluding hydrogens is 432 g/mol. The van der Waals surface area contributed by atoms with Crippen molar-refractivity contribution in [1.29, 1.82) is 0 Å². The first-order chi connectivity index (χ1) is 16.2. The molecule has 0 unspecified atom stereocenters. The summed E-state index contributed by atoms with van der Waals surface area (Å²) in [5, 5.41) is 2.80. The Balaban J connectivity index is 1.30. The lowest BCUT2D eigenvalue weighted by atomic mass is 10.0. The van der Waals surface area contributed by atoms with Gasteiger partial charge in [-0.3, -0.25) is 9.59 Å². The average Bonchev–Trinajstić information content (AvgIpc) is 3.08. The maximum atomic E-state index is 13.1. The highest BCUT2D eigenvalue weighted by Gasteiger charge is 2.32. The SMILES string of the molecule is Cc1ccc2c(c1)N(C)C(=O)c1cc(NC(=O)COc3cccc4c3OC(C)(C)C4)ccc1O2. The molecule has 2 aliphatic heterocycles. The molecule has 0 saturated carbocycles. The number of rotatable bonds is 4. The Bertz CT molecular complexity index is 1310. The Labute approximate surface area is 198 Å². The third-order valence-corrected chi connectivity index (χ3v) is 5.91. The minimum Gasteiger partial charge on any atom is -0.483 e. The van der Waals surface area contributed by atoms with Crippen molar-refractivity contribution in [1.82, 2.24) is 0 Å². The third-order valence-electron chi connectivity index (χ3n) is 5.91. The zero-order valence-electron chi connectivity index (χ0n) is 19.6. The molecule has 3 aromatic carbocycles. The second-order valence-electron chi connectivity index (χ2n) is 9.27. The quantitative estimate of drug-likeness (QED) is 0.588. The Morgan fingerprint density at radius 1 is 1.12 bits per heavy atom. The standard InChI is InChI=1S/C27H26N2O5/c1-16-8-10-22-20(12-16)29(4)26(31)19-13-18(9-11-21(19)33-22)28-24(30)15-32-23-7-5-6-17-14-27(2,3)34-25(17)23/h5-13H,14-15H2,1-4H3,(H,28,30). The smallest absolute Gasteiger partial charge is 0.262 e. The van der Waals surface area contributed by atoms with Gasteiger partial charge in [0.15, 0.2) is 23.9 Å². The number of carbonyl (C=O) groups is 2. The number of nitrogens with zero attached hydrogens (tertiary/aromatic N) is 1. The second kappa shape index (κ2) is 8.09. The second-order valence-corrected chi connectivity index (χ2v) is 9.27. The molecule has 0 radical (unpaired) electrons. The molecule has 1 N–H and O–H groups in total. The van der Waals surface area contributed by atoms with Crippen LogP contribution in [-0.4, -0.2) is 31.1 Å². The van der Waals surface area contributed by atoms with Gasteiger partial charge >= 0.3 is 0 Å². The Morgan fingerprint density at radius 3 is 2.74 bits per heavy atom. The first kappa shape index (κ1) is 21.8. The molecule has 3 aromatic rings. The summed E-state index contributed by atoms with van der Waals surface area (Å²) >= 11 is 0. The van der Waals surface area contributed by atoms with E-state index in [2.05, 4.69) is 5.32 Å². The monoisotopic (exact) mass is 458 g/mol. The van der Waals surface area contributed by atoms with Crippen molar-refractivity contribution in [3.63, 3.8) is 0 Å². The summed E-state index contributed by atoms with van der Waals surface area (Å²) in [4.78, 5) is 27.3. The number of hydrogen-bond donors (Lipinski definition) is 1. The Hall–Kier alpha value is -4.00. The molecule has 0 atom stereocenters. The van der Waals surface area contributed by atoms with E-state index < -0.39 is 0 Å². The number of para-hydroxylation sites is 1. The number of fused-ring (bicyclic) bond motifs is 3. The minimum absolute atomic E-state index is 0.188. The van der Waals surface area contributed by atoms with Crippen LogP contribution in [0.15, 0.2) is 54.6 Å². The normalized spacial score (nSPS) is 15.3. The van der Waals surface area contributed by atoms with Crippen LogP contribution in [0.25, 0.3) is 0 Å². The van der Waals surface area contributed by atoms with Crippen molar-refractivity contribution < 1.29 is 23.8 Å². The summed E-state index contributed by atoms with van der Waals surface area (Å²) in [6.07, 6.45) is 0.787. The number of carbonyl (C=O) groups excluding carboxylic acids is 2. The summed E-state index contributed by atoms with van der Waals surface area (Å²) in [5.41, 5.74) is 3.33. The van der Waals surface area contributed by atoms with E-state index >= 15 is 0 Å². The van der Waals surface area contributed by atoms with E-state index in [-0.39, 0.29) is 24.0 Å². The van der Waals surface area contributed by atoms with Crippen molar-refractivity contribution >= 4 is 23.2 Å². The van der Waals surface area contributed by atoms with E-state index in [0.717, 1.165) is 17.5 Å². The van der Waals surface area contributed by atoms with Gasteiger partial charge in [-0.2, -0.15) is 0 Å². The topological polar surface area (TPSA) is 77.1 Å². The number of amides is 2. The molecule has 2 amide bonds. The fourth-order valence-corrected chi connectivity index (χ4v) is 4.29. The molecule has 34 heavy (non-hydrogen) atoms. The number of benzene rings is 3. The number of aryl methyl sites for hydroxylation is 1. The summed E-state index contributed by atoms with van der Waals surface area (Å²) in [7, 11) is 1.71. The lowest BCUT2D eigenvalue weighted by molar-refractivity contribution is -0.118. The van der Waals surface area contributed by atoms with E-state index in [1.165, 1.54) is 0 Å². The zero-order valence-corrected chi connectivity index (χ0v) is 19.6. The number of anilines is 2. The van der Waals surface area contributed by atoms with Crippen LogP contribution in [0.1, 0.15) is 35.3 Å². The predicted octanol–water partition coefficient (Wildman–Crippen LogP) is 5.11. The number of hydrogen-bond acceptors (Lipinski definition) is 5. The minimum atomic E-state index is -0.343. The van der Waals surface area contributed by atoms with E-state index in [1.54, 1.807) is 36.2 Å². The van der Waals surface area contributed by atoms with Crippen LogP contribution >= 0.6 is 0 Å². The molecule has 5 rings (SSSR count). The zero-order chi connectivity index (χ0) is 24.0. The maximum Gasteiger partial charge on any atom is 0.262 e. The summed E-state index contributed by atoms with van der Waals surface area (Å²) in [5.74, 6) is 1.71. The highest BCUT2D eigenvalue weighted by atomic mass is 16.5. The molecule has 0 saturated heterocycles. The fourth-order valence-electron chi connectivity index (χ4n) is 4.29. The Kier molecular flexibility index (Phi) is 5.20.